The third kappa shape index (κ3) is 1.46. The smallest absolute Gasteiger partial charge is 0.338 e. The Bertz CT molecular complexity index is 575. The van der Waals surface area contributed by atoms with Crippen LogP contribution in [0.15, 0.2) is 12.3 Å². The Morgan fingerprint density at radius 2 is 2.31 bits per heavy atom. The van der Waals surface area contributed by atoms with Gasteiger partial charge in [-0.25, -0.2) is 9.78 Å². The van der Waals surface area contributed by atoms with Crippen molar-refractivity contribution >= 4 is 28.6 Å². The predicted octanol–water partition coefficient (Wildman–Crippen LogP) is 2.49. The molecule has 2 aromatic heterocycles. The average Bonchev–Trinajstić information content (AvgIpc) is 2.50. The van der Waals surface area contributed by atoms with Crippen molar-refractivity contribution < 1.29 is 9.90 Å². The molecule has 84 valence electrons. The molecule has 16 heavy (non-hydrogen) atoms. The molecule has 0 aliphatic rings. The number of aromatic nitrogens is 2. The van der Waals surface area contributed by atoms with Crippen molar-refractivity contribution in [3.63, 3.8) is 0 Å². The Hall–Kier alpha value is -1.55. The molecule has 0 spiro atoms. The molecule has 2 aromatic rings. The molecule has 0 aliphatic heterocycles. The van der Waals surface area contributed by atoms with Crippen LogP contribution in [0.4, 0.5) is 0 Å². The highest BCUT2D eigenvalue weighted by atomic mass is 35.5. The van der Waals surface area contributed by atoms with Gasteiger partial charge in [-0.3, -0.25) is 0 Å². The standard InChI is InChI=1S/C11H11ClN2O2/c1-3-8-9(11(15)16)7-4-6(12)5-13-10(7)14(8)2/h4-5H,3H2,1-2H3,(H,15,16). The third-order valence-electron chi connectivity index (χ3n) is 2.66. The Kier molecular flexibility index (Phi) is 2.59. The highest BCUT2D eigenvalue weighted by Gasteiger charge is 2.20. The summed E-state index contributed by atoms with van der Waals surface area (Å²) in [5, 5.41) is 10.3. The van der Waals surface area contributed by atoms with E-state index in [1.54, 1.807) is 10.6 Å². The monoisotopic (exact) mass is 238 g/mol. The summed E-state index contributed by atoms with van der Waals surface area (Å²) in [5.41, 5.74) is 1.71. The summed E-state index contributed by atoms with van der Waals surface area (Å²) in [7, 11) is 1.81. The largest absolute Gasteiger partial charge is 0.478 e. The molecule has 0 saturated heterocycles. The number of halogens is 1. The maximum absolute atomic E-state index is 11.2. The fourth-order valence-corrected chi connectivity index (χ4v) is 2.14. The minimum Gasteiger partial charge on any atom is -0.478 e. The lowest BCUT2D eigenvalue weighted by atomic mass is 10.1. The molecular formula is C11H11ClN2O2. The van der Waals surface area contributed by atoms with Gasteiger partial charge in [-0.1, -0.05) is 18.5 Å². The first-order valence-corrected chi connectivity index (χ1v) is 5.30. The van der Waals surface area contributed by atoms with Crippen molar-refractivity contribution in [2.45, 2.75) is 13.3 Å². The van der Waals surface area contributed by atoms with Gasteiger partial charge in [0.15, 0.2) is 0 Å². The Labute approximate surface area is 97.5 Å². The van der Waals surface area contributed by atoms with Gasteiger partial charge in [0.1, 0.15) is 5.65 Å². The number of nitrogens with zero attached hydrogens (tertiary/aromatic N) is 2. The number of aryl methyl sites for hydroxylation is 1. The van der Waals surface area contributed by atoms with Gasteiger partial charge in [0.25, 0.3) is 0 Å². The molecule has 0 aromatic carbocycles. The maximum Gasteiger partial charge on any atom is 0.338 e. The molecule has 2 rings (SSSR count). The first-order chi connectivity index (χ1) is 7.56. The summed E-state index contributed by atoms with van der Waals surface area (Å²) in [6.45, 7) is 1.92. The number of fused-ring (bicyclic) bond motifs is 1. The van der Waals surface area contributed by atoms with Gasteiger partial charge in [0.2, 0.25) is 0 Å². The molecule has 0 saturated carbocycles. The van der Waals surface area contributed by atoms with Gasteiger partial charge >= 0.3 is 5.97 Å². The van der Waals surface area contributed by atoms with Gasteiger partial charge in [0.05, 0.1) is 10.6 Å². The van der Waals surface area contributed by atoms with Crippen molar-refractivity contribution in [1.82, 2.24) is 9.55 Å². The van der Waals surface area contributed by atoms with Crippen LogP contribution in [0.5, 0.6) is 0 Å². The number of hydrogen-bond donors (Lipinski definition) is 1. The second kappa shape index (κ2) is 3.79. The fourth-order valence-electron chi connectivity index (χ4n) is 1.99. The summed E-state index contributed by atoms with van der Waals surface area (Å²) in [6, 6.07) is 1.65. The van der Waals surface area contributed by atoms with Crippen molar-refractivity contribution in [3.05, 3.63) is 28.5 Å². The average molecular weight is 239 g/mol. The molecule has 0 fully saturated rings. The topological polar surface area (TPSA) is 55.1 Å². The molecular weight excluding hydrogens is 228 g/mol. The van der Waals surface area contributed by atoms with Crippen LogP contribution in [0.3, 0.4) is 0 Å². The zero-order chi connectivity index (χ0) is 11.9. The zero-order valence-electron chi connectivity index (χ0n) is 8.99. The number of pyridine rings is 1. The molecule has 4 nitrogen and oxygen atoms in total. The highest BCUT2D eigenvalue weighted by molar-refractivity contribution is 6.31. The summed E-state index contributed by atoms with van der Waals surface area (Å²) in [4.78, 5) is 15.4. The predicted molar refractivity (Wildman–Crippen MR) is 62.1 cm³/mol. The van der Waals surface area contributed by atoms with Crippen LogP contribution in [-0.2, 0) is 13.5 Å². The van der Waals surface area contributed by atoms with E-state index in [1.165, 1.54) is 6.20 Å². The van der Waals surface area contributed by atoms with Gasteiger partial charge in [-0.2, -0.15) is 0 Å². The van der Waals surface area contributed by atoms with Crippen LogP contribution < -0.4 is 0 Å². The normalized spacial score (nSPS) is 10.9. The van der Waals surface area contributed by atoms with E-state index in [0.29, 0.717) is 28.0 Å². The van der Waals surface area contributed by atoms with E-state index in [0.717, 1.165) is 5.69 Å². The van der Waals surface area contributed by atoms with E-state index in [4.69, 9.17) is 11.6 Å². The molecule has 0 unspecified atom stereocenters. The van der Waals surface area contributed by atoms with Crippen molar-refractivity contribution in [2.75, 3.05) is 0 Å². The first kappa shape index (κ1) is 11.0. The molecule has 0 amide bonds. The number of hydrogen-bond acceptors (Lipinski definition) is 2. The first-order valence-electron chi connectivity index (χ1n) is 4.92. The van der Waals surface area contributed by atoms with E-state index >= 15 is 0 Å². The summed E-state index contributed by atoms with van der Waals surface area (Å²) in [5.74, 6) is -0.938. The van der Waals surface area contributed by atoms with Gasteiger partial charge in [0, 0.05) is 24.3 Å². The van der Waals surface area contributed by atoms with Crippen LogP contribution in [-0.4, -0.2) is 20.6 Å². The van der Waals surface area contributed by atoms with Gasteiger partial charge in [-0.15, -0.1) is 0 Å². The maximum atomic E-state index is 11.2. The third-order valence-corrected chi connectivity index (χ3v) is 2.87. The van der Waals surface area contributed by atoms with Crippen molar-refractivity contribution in [3.8, 4) is 0 Å². The summed E-state index contributed by atoms with van der Waals surface area (Å²) >= 11 is 5.84. The summed E-state index contributed by atoms with van der Waals surface area (Å²) in [6.07, 6.45) is 2.17. The van der Waals surface area contributed by atoms with Crippen LogP contribution >= 0.6 is 11.6 Å². The number of rotatable bonds is 2. The summed E-state index contributed by atoms with van der Waals surface area (Å²) < 4.78 is 1.80. The highest BCUT2D eigenvalue weighted by Crippen LogP contribution is 2.26. The number of carbonyl (C=O) groups is 1. The molecule has 2 heterocycles. The van der Waals surface area contributed by atoms with Crippen LogP contribution in [0.2, 0.25) is 5.02 Å². The van der Waals surface area contributed by atoms with Gasteiger partial charge < -0.3 is 9.67 Å². The SMILES string of the molecule is CCc1c(C(=O)O)c2cc(Cl)cnc2n1C. The lowest BCUT2D eigenvalue weighted by Gasteiger charge is -2.00. The van der Waals surface area contributed by atoms with E-state index in [1.807, 2.05) is 14.0 Å². The molecule has 0 atom stereocenters. The van der Waals surface area contributed by atoms with E-state index in [2.05, 4.69) is 4.98 Å². The molecule has 5 heteroatoms. The van der Waals surface area contributed by atoms with Crippen LogP contribution in [0, 0.1) is 0 Å². The molecule has 0 radical (unpaired) electrons. The van der Waals surface area contributed by atoms with E-state index in [9.17, 15) is 9.90 Å². The number of aromatic carboxylic acids is 1. The van der Waals surface area contributed by atoms with Crippen LogP contribution in [0.25, 0.3) is 11.0 Å². The lowest BCUT2D eigenvalue weighted by Crippen LogP contribution is -2.02. The minimum atomic E-state index is -0.938. The fraction of sp³-hybridized carbons (Fsp3) is 0.273. The second-order valence-electron chi connectivity index (χ2n) is 3.56. The molecule has 0 bridgehead atoms. The van der Waals surface area contributed by atoms with Crippen LogP contribution in [0.1, 0.15) is 23.0 Å². The van der Waals surface area contributed by atoms with Crippen molar-refractivity contribution in [2.24, 2.45) is 7.05 Å². The minimum absolute atomic E-state index is 0.301. The van der Waals surface area contributed by atoms with E-state index in [-0.39, 0.29) is 0 Å². The van der Waals surface area contributed by atoms with Crippen molar-refractivity contribution in [1.29, 1.82) is 0 Å². The quantitative estimate of drug-likeness (QED) is 0.875. The zero-order valence-corrected chi connectivity index (χ0v) is 9.75. The number of carboxylic acids is 1. The lowest BCUT2D eigenvalue weighted by molar-refractivity contribution is 0.0697. The Morgan fingerprint density at radius 3 is 2.88 bits per heavy atom. The molecule has 0 aliphatic carbocycles. The Balaban J connectivity index is 2.92. The van der Waals surface area contributed by atoms with E-state index < -0.39 is 5.97 Å². The molecule has 1 N–H and O–H groups in total. The Morgan fingerprint density at radius 1 is 1.62 bits per heavy atom. The second-order valence-corrected chi connectivity index (χ2v) is 4.00. The van der Waals surface area contributed by atoms with Gasteiger partial charge in [-0.05, 0) is 12.5 Å². The number of carboxylic acid groups (broad SMARTS) is 1.